The highest BCUT2D eigenvalue weighted by molar-refractivity contribution is 5.85. The number of aromatic nitrogens is 2. The Hall–Kier alpha value is -1.53. The van der Waals surface area contributed by atoms with Gasteiger partial charge in [0.25, 0.3) is 0 Å². The van der Waals surface area contributed by atoms with E-state index in [4.69, 9.17) is 0 Å². The van der Waals surface area contributed by atoms with Gasteiger partial charge in [-0.15, -0.1) is 12.4 Å². The summed E-state index contributed by atoms with van der Waals surface area (Å²) in [6.07, 6.45) is 0.538. The maximum atomic E-state index is 12.8. The lowest BCUT2D eigenvalue weighted by molar-refractivity contribution is 0.111. The SMILES string of the molecule is Cl.Cn1c(C=O)nc2cc(F)c(F)cc21.O. The minimum Gasteiger partial charge on any atom is -0.412 e. The molecule has 4 nitrogen and oxygen atoms in total. The van der Waals surface area contributed by atoms with Gasteiger partial charge in [-0.3, -0.25) is 4.79 Å². The molecule has 0 saturated carbocycles. The Kier molecular flexibility index (Phi) is 4.52. The summed E-state index contributed by atoms with van der Waals surface area (Å²) in [5.74, 6) is -1.77. The van der Waals surface area contributed by atoms with Gasteiger partial charge in [0.05, 0.1) is 11.0 Å². The molecule has 1 aromatic carbocycles. The Morgan fingerprint density at radius 1 is 1.31 bits per heavy atom. The van der Waals surface area contributed by atoms with Crippen LogP contribution < -0.4 is 0 Å². The number of rotatable bonds is 1. The lowest BCUT2D eigenvalue weighted by atomic mass is 10.3. The van der Waals surface area contributed by atoms with Crippen LogP contribution in [0.25, 0.3) is 11.0 Å². The molecule has 0 radical (unpaired) electrons. The highest BCUT2D eigenvalue weighted by Gasteiger charge is 2.10. The van der Waals surface area contributed by atoms with Crippen molar-refractivity contribution in [2.75, 3.05) is 0 Å². The van der Waals surface area contributed by atoms with Crippen LogP contribution in [-0.4, -0.2) is 21.3 Å². The lowest BCUT2D eigenvalue weighted by Gasteiger charge is -1.96. The van der Waals surface area contributed by atoms with Gasteiger partial charge in [-0.2, -0.15) is 0 Å². The first kappa shape index (κ1) is 14.5. The molecule has 2 aromatic rings. The summed E-state index contributed by atoms with van der Waals surface area (Å²) in [6, 6.07) is 1.99. The molecule has 88 valence electrons. The Morgan fingerprint density at radius 2 is 1.88 bits per heavy atom. The number of benzene rings is 1. The van der Waals surface area contributed by atoms with Crippen LogP contribution in [0.2, 0.25) is 0 Å². The fourth-order valence-corrected chi connectivity index (χ4v) is 1.31. The van der Waals surface area contributed by atoms with Gasteiger partial charge in [0.1, 0.15) is 0 Å². The molecule has 0 bridgehead atoms. The minimum atomic E-state index is -0.965. The van der Waals surface area contributed by atoms with Crippen LogP contribution >= 0.6 is 12.4 Å². The van der Waals surface area contributed by atoms with Crippen molar-refractivity contribution in [3.8, 4) is 0 Å². The van der Waals surface area contributed by atoms with Crippen LogP contribution in [0.1, 0.15) is 10.6 Å². The highest BCUT2D eigenvalue weighted by atomic mass is 35.5. The van der Waals surface area contributed by atoms with Crippen molar-refractivity contribution in [3.63, 3.8) is 0 Å². The zero-order valence-electron chi connectivity index (χ0n) is 8.20. The third kappa shape index (κ3) is 2.02. The second-order valence-electron chi connectivity index (χ2n) is 2.90. The summed E-state index contributed by atoms with van der Waals surface area (Å²) in [5, 5.41) is 0. The molecule has 2 rings (SSSR count). The van der Waals surface area contributed by atoms with Crippen LogP contribution in [0, 0.1) is 11.6 Å². The molecule has 16 heavy (non-hydrogen) atoms. The predicted molar refractivity (Wildman–Crippen MR) is 56.9 cm³/mol. The molecule has 0 atom stereocenters. The molecule has 0 unspecified atom stereocenters. The number of nitrogens with zero attached hydrogens (tertiary/aromatic N) is 2. The van der Waals surface area contributed by atoms with E-state index in [-0.39, 0.29) is 29.2 Å². The smallest absolute Gasteiger partial charge is 0.185 e. The Morgan fingerprint density at radius 3 is 2.44 bits per heavy atom. The molecule has 0 saturated heterocycles. The fraction of sp³-hybridized carbons (Fsp3) is 0.111. The predicted octanol–water partition coefficient (Wildman–Crippen LogP) is 1.26. The third-order valence-electron chi connectivity index (χ3n) is 2.06. The second kappa shape index (κ2) is 5.00. The van der Waals surface area contributed by atoms with Crippen molar-refractivity contribution < 1.29 is 19.1 Å². The van der Waals surface area contributed by atoms with Crippen molar-refractivity contribution in [1.29, 1.82) is 0 Å². The zero-order valence-corrected chi connectivity index (χ0v) is 9.02. The molecule has 0 amide bonds. The van der Waals surface area contributed by atoms with Gasteiger partial charge in [0.15, 0.2) is 23.7 Å². The van der Waals surface area contributed by atoms with Crippen LogP contribution in [0.4, 0.5) is 8.78 Å². The molecule has 0 aliphatic rings. The molecule has 0 aliphatic heterocycles. The molecule has 0 aliphatic carbocycles. The number of fused-ring (bicyclic) bond motifs is 1. The fourth-order valence-electron chi connectivity index (χ4n) is 1.31. The molecule has 1 heterocycles. The number of aldehydes is 1. The molecule has 2 N–H and O–H groups in total. The Balaban J connectivity index is 0.00000112. The molecule has 0 spiro atoms. The van der Waals surface area contributed by atoms with Gasteiger partial charge in [0, 0.05) is 19.2 Å². The van der Waals surface area contributed by atoms with E-state index in [1.165, 1.54) is 4.57 Å². The summed E-state index contributed by atoms with van der Waals surface area (Å²) in [7, 11) is 1.57. The van der Waals surface area contributed by atoms with Crippen LogP contribution in [0.3, 0.4) is 0 Å². The van der Waals surface area contributed by atoms with Crippen LogP contribution in [-0.2, 0) is 7.05 Å². The standard InChI is InChI=1S/C9H6F2N2O.ClH.H2O/c1-13-8-3-6(11)5(10)2-7(8)12-9(13)4-14;;/h2-4H,1H3;1H;1H2. The van der Waals surface area contributed by atoms with Gasteiger partial charge in [-0.05, 0) is 0 Å². The van der Waals surface area contributed by atoms with Crippen molar-refractivity contribution in [3.05, 3.63) is 29.6 Å². The van der Waals surface area contributed by atoms with Gasteiger partial charge >= 0.3 is 0 Å². The summed E-state index contributed by atoms with van der Waals surface area (Å²) in [5.41, 5.74) is 0.666. The normalized spacial score (nSPS) is 9.44. The van der Waals surface area contributed by atoms with E-state index >= 15 is 0 Å². The van der Waals surface area contributed by atoms with Crippen LogP contribution in [0.15, 0.2) is 12.1 Å². The van der Waals surface area contributed by atoms with E-state index in [0.29, 0.717) is 11.8 Å². The third-order valence-corrected chi connectivity index (χ3v) is 2.06. The molecule has 7 heteroatoms. The Labute approximate surface area is 95.6 Å². The van der Waals surface area contributed by atoms with Gasteiger partial charge < -0.3 is 10.0 Å². The largest absolute Gasteiger partial charge is 0.412 e. The van der Waals surface area contributed by atoms with Gasteiger partial charge in [0.2, 0.25) is 0 Å². The average Bonchev–Trinajstić information content (AvgIpc) is 2.45. The number of imidazole rings is 1. The molecule has 1 aromatic heterocycles. The van der Waals surface area contributed by atoms with E-state index in [1.54, 1.807) is 7.05 Å². The number of carbonyl (C=O) groups excluding carboxylic acids is 1. The first-order valence-corrected chi connectivity index (χ1v) is 3.90. The topological polar surface area (TPSA) is 66.4 Å². The summed E-state index contributed by atoms with van der Waals surface area (Å²) >= 11 is 0. The van der Waals surface area contributed by atoms with Crippen molar-refractivity contribution >= 4 is 29.7 Å². The number of carbonyl (C=O) groups is 1. The zero-order chi connectivity index (χ0) is 10.3. The molecule has 0 fully saturated rings. The average molecular weight is 251 g/mol. The van der Waals surface area contributed by atoms with Crippen molar-refractivity contribution in [2.24, 2.45) is 7.05 Å². The van der Waals surface area contributed by atoms with E-state index in [2.05, 4.69) is 4.98 Å². The number of halogens is 3. The summed E-state index contributed by atoms with van der Waals surface area (Å²) in [4.78, 5) is 14.3. The van der Waals surface area contributed by atoms with Gasteiger partial charge in [-0.1, -0.05) is 0 Å². The summed E-state index contributed by atoms with van der Waals surface area (Å²) < 4.78 is 27.0. The van der Waals surface area contributed by atoms with Crippen LogP contribution in [0.5, 0.6) is 0 Å². The summed E-state index contributed by atoms with van der Waals surface area (Å²) in [6.45, 7) is 0. The van der Waals surface area contributed by atoms with Gasteiger partial charge in [-0.25, -0.2) is 13.8 Å². The number of hydrogen-bond acceptors (Lipinski definition) is 2. The minimum absolute atomic E-state index is 0. The number of hydrogen-bond donors (Lipinski definition) is 0. The van der Waals surface area contributed by atoms with Crippen molar-refractivity contribution in [2.45, 2.75) is 0 Å². The van der Waals surface area contributed by atoms with Crippen molar-refractivity contribution in [1.82, 2.24) is 9.55 Å². The first-order valence-electron chi connectivity index (χ1n) is 3.90. The van der Waals surface area contributed by atoms with E-state index < -0.39 is 11.6 Å². The maximum Gasteiger partial charge on any atom is 0.185 e. The molecular formula is C9H9ClF2N2O2. The van der Waals surface area contributed by atoms with E-state index in [9.17, 15) is 13.6 Å². The van der Waals surface area contributed by atoms with E-state index in [1.807, 2.05) is 0 Å². The Bertz CT molecular complexity index is 528. The monoisotopic (exact) mass is 250 g/mol. The quantitative estimate of drug-likeness (QED) is 0.715. The maximum absolute atomic E-state index is 12.8. The van der Waals surface area contributed by atoms with E-state index in [0.717, 1.165) is 12.1 Å². The number of aryl methyl sites for hydroxylation is 1. The second-order valence-corrected chi connectivity index (χ2v) is 2.90. The lowest BCUT2D eigenvalue weighted by Crippen LogP contribution is -1.95. The highest BCUT2D eigenvalue weighted by Crippen LogP contribution is 2.17. The molecular weight excluding hydrogens is 242 g/mol. The first-order chi connectivity index (χ1) is 6.63.